The number of amides is 1. The van der Waals surface area contributed by atoms with Crippen LogP contribution in [-0.4, -0.2) is 39.9 Å². The van der Waals surface area contributed by atoms with E-state index in [-0.39, 0.29) is 11.9 Å². The fraction of sp³-hybridized carbons (Fsp3) is 0.308. The number of carbonyl (C=O) groups excluding carboxylic acids is 1. The van der Waals surface area contributed by atoms with Crippen molar-refractivity contribution in [3.05, 3.63) is 36.2 Å². The maximum atomic E-state index is 12.3. The Labute approximate surface area is 105 Å². The number of likely N-dealkylation sites (tertiary alicyclic amines) is 1. The van der Waals surface area contributed by atoms with E-state index in [1.807, 2.05) is 6.07 Å². The molecule has 1 aliphatic rings. The molecule has 1 saturated heterocycles. The summed E-state index contributed by atoms with van der Waals surface area (Å²) in [6.07, 6.45) is 4.14. The number of carbonyl (C=O) groups is 1. The van der Waals surface area contributed by atoms with Gasteiger partial charge in [0.25, 0.3) is 5.91 Å². The van der Waals surface area contributed by atoms with E-state index in [1.165, 1.54) is 0 Å². The van der Waals surface area contributed by atoms with E-state index in [0.717, 1.165) is 24.0 Å². The third-order valence-corrected chi connectivity index (χ3v) is 3.23. The van der Waals surface area contributed by atoms with Crippen molar-refractivity contribution in [2.45, 2.75) is 12.5 Å². The molecule has 18 heavy (non-hydrogen) atoms. The van der Waals surface area contributed by atoms with Gasteiger partial charge in [-0.25, -0.2) is 0 Å². The van der Waals surface area contributed by atoms with Gasteiger partial charge < -0.3 is 10.6 Å². The third kappa shape index (κ3) is 1.93. The molecule has 0 bridgehead atoms. The van der Waals surface area contributed by atoms with Crippen molar-refractivity contribution < 1.29 is 4.79 Å². The number of nitrogens with two attached hydrogens (primary N) is 1. The molecule has 0 radical (unpaired) electrons. The Balaban J connectivity index is 1.92. The molecule has 1 aromatic carbocycles. The van der Waals surface area contributed by atoms with Crippen LogP contribution in [0.4, 0.5) is 0 Å². The van der Waals surface area contributed by atoms with E-state index < -0.39 is 0 Å². The summed E-state index contributed by atoms with van der Waals surface area (Å²) < 4.78 is 0. The monoisotopic (exact) mass is 242 g/mol. The zero-order chi connectivity index (χ0) is 12.5. The summed E-state index contributed by atoms with van der Waals surface area (Å²) in [7, 11) is 0. The Kier molecular flexibility index (Phi) is 2.68. The number of hydrogen-bond donors (Lipinski definition) is 1. The number of hydrogen-bond acceptors (Lipinski definition) is 4. The largest absolute Gasteiger partial charge is 0.337 e. The van der Waals surface area contributed by atoms with Crippen molar-refractivity contribution in [1.82, 2.24) is 14.9 Å². The van der Waals surface area contributed by atoms with E-state index >= 15 is 0 Å². The molecule has 0 saturated carbocycles. The molecule has 5 heteroatoms. The van der Waals surface area contributed by atoms with Crippen LogP contribution in [0.25, 0.3) is 11.0 Å². The van der Waals surface area contributed by atoms with Gasteiger partial charge in [-0.3, -0.25) is 14.8 Å². The Bertz CT molecular complexity index is 598. The summed E-state index contributed by atoms with van der Waals surface area (Å²) in [5, 5.41) is 0. The second kappa shape index (κ2) is 4.34. The van der Waals surface area contributed by atoms with Crippen LogP contribution in [0.2, 0.25) is 0 Å². The second-order valence-electron chi connectivity index (χ2n) is 4.56. The first kappa shape index (κ1) is 11.1. The molecular weight excluding hydrogens is 228 g/mol. The zero-order valence-corrected chi connectivity index (χ0v) is 9.91. The molecule has 0 unspecified atom stereocenters. The molecular formula is C13H14N4O. The topological polar surface area (TPSA) is 72.1 Å². The van der Waals surface area contributed by atoms with Crippen LogP contribution >= 0.6 is 0 Å². The third-order valence-electron chi connectivity index (χ3n) is 3.23. The highest BCUT2D eigenvalue weighted by atomic mass is 16.2. The fourth-order valence-corrected chi connectivity index (χ4v) is 2.25. The van der Waals surface area contributed by atoms with Crippen LogP contribution in [0, 0.1) is 0 Å². The van der Waals surface area contributed by atoms with Crippen LogP contribution in [0.3, 0.4) is 0 Å². The average molecular weight is 242 g/mol. The van der Waals surface area contributed by atoms with E-state index in [1.54, 1.807) is 29.4 Å². The quantitative estimate of drug-likeness (QED) is 0.803. The molecule has 1 amide bonds. The molecule has 2 aromatic rings. The van der Waals surface area contributed by atoms with Crippen molar-refractivity contribution in [2.75, 3.05) is 13.1 Å². The molecule has 5 nitrogen and oxygen atoms in total. The van der Waals surface area contributed by atoms with Crippen molar-refractivity contribution in [2.24, 2.45) is 5.73 Å². The van der Waals surface area contributed by atoms with E-state index in [9.17, 15) is 4.79 Å². The van der Waals surface area contributed by atoms with Gasteiger partial charge in [-0.2, -0.15) is 0 Å². The lowest BCUT2D eigenvalue weighted by Gasteiger charge is -2.15. The predicted molar refractivity (Wildman–Crippen MR) is 68.0 cm³/mol. The first-order chi connectivity index (χ1) is 8.74. The summed E-state index contributed by atoms with van der Waals surface area (Å²) in [4.78, 5) is 22.4. The molecule has 1 atom stereocenters. The molecule has 92 valence electrons. The Morgan fingerprint density at radius 2 is 2.06 bits per heavy atom. The van der Waals surface area contributed by atoms with Gasteiger partial charge in [0.05, 0.1) is 11.0 Å². The van der Waals surface area contributed by atoms with Gasteiger partial charge in [0.15, 0.2) is 0 Å². The summed E-state index contributed by atoms with van der Waals surface area (Å²) in [6, 6.07) is 5.51. The number of fused-ring (bicyclic) bond motifs is 1. The highest BCUT2D eigenvalue weighted by molar-refractivity contribution is 5.97. The molecule has 0 aliphatic carbocycles. The minimum Gasteiger partial charge on any atom is -0.337 e. The molecule has 2 N–H and O–H groups in total. The summed E-state index contributed by atoms with van der Waals surface area (Å²) in [5.41, 5.74) is 8.01. The van der Waals surface area contributed by atoms with Crippen LogP contribution in [0.1, 0.15) is 16.8 Å². The SMILES string of the molecule is N[C@@H]1CCN(C(=O)c2ccc3nccnc3c2)C1. The summed E-state index contributed by atoms with van der Waals surface area (Å²) >= 11 is 0. The molecule has 1 fully saturated rings. The molecule has 2 heterocycles. The normalized spacial score (nSPS) is 19.4. The van der Waals surface area contributed by atoms with Gasteiger partial charge in [-0.15, -0.1) is 0 Å². The van der Waals surface area contributed by atoms with Gasteiger partial charge in [-0.1, -0.05) is 0 Å². The summed E-state index contributed by atoms with van der Waals surface area (Å²) in [5.74, 6) is 0.0236. The van der Waals surface area contributed by atoms with E-state index in [2.05, 4.69) is 9.97 Å². The van der Waals surface area contributed by atoms with E-state index in [0.29, 0.717) is 12.1 Å². The van der Waals surface area contributed by atoms with Gasteiger partial charge in [0.1, 0.15) is 0 Å². The highest BCUT2D eigenvalue weighted by Crippen LogP contribution is 2.16. The minimum absolute atomic E-state index is 0.0236. The average Bonchev–Trinajstić information content (AvgIpc) is 2.84. The number of nitrogens with zero attached hydrogens (tertiary/aromatic N) is 3. The lowest BCUT2D eigenvalue weighted by Crippen LogP contribution is -2.31. The molecule has 1 aromatic heterocycles. The van der Waals surface area contributed by atoms with Gasteiger partial charge in [0.2, 0.25) is 0 Å². The Hall–Kier alpha value is -2.01. The van der Waals surface area contributed by atoms with Crippen LogP contribution in [0.5, 0.6) is 0 Å². The van der Waals surface area contributed by atoms with Gasteiger partial charge in [0, 0.05) is 37.1 Å². The maximum Gasteiger partial charge on any atom is 0.253 e. The number of benzene rings is 1. The number of aromatic nitrogens is 2. The van der Waals surface area contributed by atoms with E-state index in [4.69, 9.17) is 5.73 Å². The maximum absolute atomic E-state index is 12.3. The van der Waals surface area contributed by atoms with Crippen LogP contribution in [0.15, 0.2) is 30.6 Å². The van der Waals surface area contributed by atoms with Crippen molar-refractivity contribution in [3.63, 3.8) is 0 Å². The predicted octanol–water partition coefficient (Wildman–Crippen LogP) is 0.803. The standard InChI is InChI=1S/C13H14N4O/c14-10-3-6-17(8-10)13(18)9-1-2-11-12(7-9)16-5-4-15-11/h1-2,4-5,7,10H,3,6,8,14H2/t10-/m1/s1. The molecule has 1 aliphatic heterocycles. The van der Waals surface area contributed by atoms with Crippen molar-refractivity contribution >= 4 is 16.9 Å². The smallest absolute Gasteiger partial charge is 0.253 e. The minimum atomic E-state index is 0.0236. The van der Waals surface area contributed by atoms with Crippen molar-refractivity contribution in [1.29, 1.82) is 0 Å². The lowest BCUT2D eigenvalue weighted by atomic mass is 10.1. The second-order valence-corrected chi connectivity index (χ2v) is 4.56. The van der Waals surface area contributed by atoms with Crippen molar-refractivity contribution in [3.8, 4) is 0 Å². The fourth-order valence-electron chi connectivity index (χ4n) is 2.25. The highest BCUT2D eigenvalue weighted by Gasteiger charge is 2.24. The first-order valence-electron chi connectivity index (χ1n) is 5.99. The van der Waals surface area contributed by atoms with Crippen LogP contribution < -0.4 is 5.73 Å². The van der Waals surface area contributed by atoms with Gasteiger partial charge in [-0.05, 0) is 24.6 Å². The zero-order valence-electron chi connectivity index (χ0n) is 9.91. The molecule has 0 spiro atoms. The first-order valence-corrected chi connectivity index (χ1v) is 5.99. The molecule has 3 rings (SSSR count). The Morgan fingerprint density at radius 1 is 1.28 bits per heavy atom. The lowest BCUT2D eigenvalue weighted by molar-refractivity contribution is 0.0791. The van der Waals surface area contributed by atoms with Crippen LogP contribution in [-0.2, 0) is 0 Å². The number of rotatable bonds is 1. The summed E-state index contributed by atoms with van der Waals surface area (Å²) in [6.45, 7) is 1.37. The van der Waals surface area contributed by atoms with Gasteiger partial charge >= 0.3 is 0 Å². The Morgan fingerprint density at radius 3 is 2.78 bits per heavy atom.